The highest BCUT2D eigenvalue weighted by Crippen LogP contribution is 2.32. The number of ether oxygens (including phenoxy) is 4. The van der Waals surface area contributed by atoms with Gasteiger partial charge >= 0.3 is 0 Å². The van der Waals surface area contributed by atoms with E-state index in [0.717, 1.165) is 70.9 Å². The molecule has 0 atom stereocenters. The van der Waals surface area contributed by atoms with Gasteiger partial charge in [0.25, 0.3) is 5.91 Å². The number of anilines is 2. The fourth-order valence-electron chi connectivity index (χ4n) is 5.39. The third-order valence-corrected chi connectivity index (χ3v) is 9.04. The molecule has 1 amide bonds. The summed E-state index contributed by atoms with van der Waals surface area (Å²) in [6.07, 6.45) is 4.29. The van der Waals surface area contributed by atoms with Crippen LogP contribution in [0.25, 0.3) is 11.3 Å². The maximum atomic E-state index is 13.4. The van der Waals surface area contributed by atoms with Crippen molar-refractivity contribution in [2.75, 3.05) is 82.7 Å². The van der Waals surface area contributed by atoms with E-state index >= 15 is 0 Å². The van der Waals surface area contributed by atoms with Crippen LogP contribution in [-0.4, -0.2) is 89.7 Å². The van der Waals surface area contributed by atoms with Gasteiger partial charge in [-0.2, -0.15) is 0 Å². The number of amides is 1. The number of hydrogen-bond acceptors (Lipinski definition) is 10. The van der Waals surface area contributed by atoms with E-state index in [4.69, 9.17) is 18.9 Å². The minimum atomic E-state index is -0.153. The maximum Gasteiger partial charge on any atom is 0.255 e. The summed E-state index contributed by atoms with van der Waals surface area (Å²) in [5.74, 6) is -0.153. The smallest absolute Gasteiger partial charge is 0.255 e. The Bertz CT molecular complexity index is 1650. The molecule has 0 unspecified atom stereocenters. The summed E-state index contributed by atoms with van der Waals surface area (Å²) in [5, 5.41) is 3.14. The Hall–Kier alpha value is -4.10. The summed E-state index contributed by atoms with van der Waals surface area (Å²) in [6.45, 7) is 13.1. The molecule has 0 aliphatic rings. The number of aldehydes is 1. The molecule has 0 radical (unpaired) electrons. The summed E-state index contributed by atoms with van der Waals surface area (Å²) in [4.78, 5) is 32.1. The van der Waals surface area contributed by atoms with Crippen molar-refractivity contribution < 1.29 is 28.5 Å². The first-order valence-electron chi connectivity index (χ1n) is 18.0. The van der Waals surface area contributed by atoms with Gasteiger partial charge < -0.3 is 29.2 Å². The fraction of sp³-hybridized carbons (Fsp3) is 0.390. The SMILES string of the molecule is CCN(CC)c1ccc(NC(=O)c2cccc(CCCOCCOCCOCCOCCNSc3ccc(C=O)cc3)c2)c(-c2cc(C)ccn2)c1. The summed E-state index contributed by atoms with van der Waals surface area (Å²) in [6, 6.07) is 25.3. The number of aromatic nitrogens is 1. The van der Waals surface area contributed by atoms with E-state index in [9.17, 15) is 9.59 Å². The number of carbonyl (C=O) groups is 2. The maximum absolute atomic E-state index is 13.4. The van der Waals surface area contributed by atoms with E-state index in [0.29, 0.717) is 70.5 Å². The van der Waals surface area contributed by atoms with Gasteiger partial charge in [0.15, 0.2) is 0 Å². The lowest BCUT2D eigenvalue weighted by atomic mass is 10.0. The van der Waals surface area contributed by atoms with E-state index in [1.165, 1.54) is 11.9 Å². The molecule has 0 fully saturated rings. The van der Waals surface area contributed by atoms with E-state index in [-0.39, 0.29) is 5.91 Å². The molecule has 0 bridgehead atoms. The van der Waals surface area contributed by atoms with Crippen molar-refractivity contribution >= 4 is 35.5 Å². The lowest BCUT2D eigenvalue weighted by molar-refractivity contribution is -0.00133. The molecule has 52 heavy (non-hydrogen) atoms. The quantitative estimate of drug-likeness (QED) is 0.0411. The first-order chi connectivity index (χ1) is 25.5. The standard InChI is InChI=1S/C41H52N4O6S/c1-4-45(5-2)36-13-16-39(38(30-36)40-28-32(3)17-18-42-40)44-41(47)35-10-6-8-33(29-35)9-7-20-48-22-24-50-26-27-51-25-23-49-21-19-43-52-37-14-11-34(31-46)12-15-37/h6,8,10-18,28-31,43H,4-5,7,9,19-27H2,1-3H3,(H,44,47). The second kappa shape index (κ2) is 23.5. The van der Waals surface area contributed by atoms with Gasteiger partial charge in [-0.05, 0) is 111 Å². The van der Waals surface area contributed by atoms with E-state index in [2.05, 4.69) is 45.9 Å². The van der Waals surface area contributed by atoms with Gasteiger partial charge in [-0.1, -0.05) is 24.3 Å². The van der Waals surface area contributed by atoms with Crippen molar-refractivity contribution in [2.24, 2.45) is 0 Å². The van der Waals surface area contributed by atoms with Gasteiger partial charge in [0.1, 0.15) is 6.29 Å². The Kier molecular flexibility index (Phi) is 18.3. The van der Waals surface area contributed by atoms with Crippen molar-refractivity contribution in [2.45, 2.75) is 38.5 Å². The topological polar surface area (TPSA) is 111 Å². The number of hydrogen-bond donors (Lipinski definition) is 2. The molecule has 0 aliphatic carbocycles. The summed E-state index contributed by atoms with van der Waals surface area (Å²) >= 11 is 1.51. The van der Waals surface area contributed by atoms with Gasteiger partial charge in [-0.25, -0.2) is 0 Å². The fourth-order valence-corrected chi connectivity index (χ4v) is 6.01. The van der Waals surface area contributed by atoms with Gasteiger partial charge in [0.05, 0.1) is 57.6 Å². The Labute approximate surface area is 312 Å². The van der Waals surface area contributed by atoms with Gasteiger partial charge in [0, 0.05) is 59.7 Å². The molecule has 0 aliphatic heterocycles. The first kappa shape index (κ1) is 40.7. The normalized spacial score (nSPS) is 11.1. The number of nitrogens with zero attached hydrogens (tertiary/aromatic N) is 2. The molecular formula is C41H52N4O6S. The monoisotopic (exact) mass is 728 g/mol. The number of benzene rings is 3. The molecule has 3 aromatic carbocycles. The molecule has 1 aromatic heterocycles. The highest BCUT2D eigenvalue weighted by atomic mass is 32.2. The molecule has 1 heterocycles. The largest absolute Gasteiger partial charge is 0.379 e. The number of pyridine rings is 1. The lowest BCUT2D eigenvalue weighted by Gasteiger charge is -2.23. The van der Waals surface area contributed by atoms with Crippen LogP contribution in [-0.2, 0) is 25.4 Å². The summed E-state index contributed by atoms with van der Waals surface area (Å²) in [5.41, 5.74) is 7.04. The number of nitrogens with one attached hydrogen (secondary N) is 2. The lowest BCUT2D eigenvalue weighted by Crippen LogP contribution is -2.22. The molecule has 0 saturated carbocycles. The zero-order valence-electron chi connectivity index (χ0n) is 30.6. The Morgan fingerprint density at radius 1 is 0.808 bits per heavy atom. The Morgan fingerprint density at radius 3 is 2.17 bits per heavy atom. The number of aryl methyl sites for hydroxylation is 2. The predicted octanol–water partition coefficient (Wildman–Crippen LogP) is 7.26. The molecular weight excluding hydrogens is 677 g/mol. The van der Waals surface area contributed by atoms with Crippen molar-refractivity contribution in [3.8, 4) is 11.3 Å². The zero-order chi connectivity index (χ0) is 36.8. The number of carbonyl (C=O) groups excluding carboxylic acids is 2. The highest BCUT2D eigenvalue weighted by Gasteiger charge is 2.15. The van der Waals surface area contributed by atoms with E-state index in [1.54, 1.807) is 18.3 Å². The van der Waals surface area contributed by atoms with E-state index < -0.39 is 0 Å². The molecule has 0 spiro atoms. The Morgan fingerprint density at radius 2 is 1.50 bits per heavy atom. The molecule has 0 saturated heterocycles. The van der Waals surface area contributed by atoms with Gasteiger partial charge in [-0.3, -0.25) is 19.3 Å². The van der Waals surface area contributed by atoms with Crippen LogP contribution in [0.15, 0.2) is 90.0 Å². The van der Waals surface area contributed by atoms with Crippen molar-refractivity contribution in [3.05, 3.63) is 107 Å². The first-order valence-corrected chi connectivity index (χ1v) is 18.8. The van der Waals surface area contributed by atoms with Crippen LogP contribution >= 0.6 is 11.9 Å². The highest BCUT2D eigenvalue weighted by molar-refractivity contribution is 7.97. The van der Waals surface area contributed by atoms with Crippen LogP contribution in [0.4, 0.5) is 11.4 Å². The van der Waals surface area contributed by atoms with Crippen molar-refractivity contribution in [1.29, 1.82) is 0 Å². The zero-order valence-corrected chi connectivity index (χ0v) is 31.4. The molecule has 4 aromatic rings. The van der Waals surface area contributed by atoms with Gasteiger partial charge in [-0.15, -0.1) is 0 Å². The van der Waals surface area contributed by atoms with Crippen LogP contribution < -0.4 is 14.9 Å². The van der Waals surface area contributed by atoms with Crippen LogP contribution in [0.3, 0.4) is 0 Å². The molecule has 4 rings (SSSR count). The van der Waals surface area contributed by atoms with Crippen molar-refractivity contribution in [3.63, 3.8) is 0 Å². The molecule has 10 nitrogen and oxygen atoms in total. The third-order valence-electron chi connectivity index (χ3n) is 8.19. The minimum absolute atomic E-state index is 0.153. The molecule has 278 valence electrons. The second-order valence-corrected chi connectivity index (χ2v) is 13.0. The Balaban J connectivity index is 1.06. The minimum Gasteiger partial charge on any atom is -0.379 e. The predicted molar refractivity (Wildman–Crippen MR) is 210 cm³/mol. The van der Waals surface area contributed by atoms with Crippen LogP contribution in [0.5, 0.6) is 0 Å². The second-order valence-electron chi connectivity index (χ2n) is 12.0. The summed E-state index contributed by atoms with van der Waals surface area (Å²) in [7, 11) is 0. The average Bonchev–Trinajstić information content (AvgIpc) is 3.17. The molecule has 11 heteroatoms. The number of rotatable bonds is 25. The van der Waals surface area contributed by atoms with Gasteiger partial charge in [0.2, 0.25) is 0 Å². The van der Waals surface area contributed by atoms with Crippen LogP contribution in [0.2, 0.25) is 0 Å². The average molecular weight is 729 g/mol. The van der Waals surface area contributed by atoms with Crippen LogP contribution in [0, 0.1) is 6.92 Å². The van der Waals surface area contributed by atoms with Crippen LogP contribution in [0.1, 0.15) is 52.1 Å². The molecule has 2 N–H and O–H groups in total. The summed E-state index contributed by atoms with van der Waals surface area (Å²) < 4.78 is 25.7. The third kappa shape index (κ3) is 14.1. The van der Waals surface area contributed by atoms with Crippen molar-refractivity contribution in [1.82, 2.24) is 9.71 Å². The van der Waals surface area contributed by atoms with E-state index in [1.807, 2.05) is 61.5 Å².